The van der Waals surface area contributed by atoms with Crippen molar-refractivity contribution in [1.82, 2.24) is 14.1 Å². The van der Waals surface area contributed by atoms with Gasteiger partial charge in [-0.15, -0.1) is 0 Å². The van der Waals surface area contributed by atoms with Gasteiger partial charge in [0.25, 0.3) is 11.8 Å². The standard InChI is InChI=1S/C22H26FN3O4S/c1-3-26(4-2)31(29,30)20-10-8-17(9-11-20)21(27)24-12-14-25(15-13-24)22(28)18-6-5-7-19(23)16-18/h5-11,16H,3-4,12-15H2,1-2H3. The maximum Gasteiger partial charge on any atom is 0.254 e. The van der Waals surface area contributed by atoms with Gasteiger partial charge in [-0.3, -0.25) is 9.59 Å². The monoisotopic (exact) mass is 447 g/mol. The summed E-state index contributed by atoms with van der Waals surface area (Å²) in [6, 6.07) is 11.5. The summed E-state index contributed by atoms with van der Waals surface area (Å²) in [4.78, 5) is 28.7. The molecule has 166 valence electrons. The lowest BCUT2D eigenvalue weighted by Crippen LogP contribution is -2.50. The first-order valence-corrected chi connectivity index (χ1v) is 11.7. The van der Waals surface area contributed by atoms with Crippen LogP contribution in [0.2, 0.25) is 0 Å². The van der Waals surface area contributed by atoms with Crippen molar-refractivity contribution in [3.8, 4) is 0 Å². The van der Waals surface area contributed by atoms with Crippen LogP contribution in [0.25, 0.3) is 0 Å². The fraction of sp³-hybridized carbons (Fsp3) is 0.364. The van der Waals surface area contributed by atoms with Crippen LogP contribution in [0.15, 0.2) is 53.4 Å². The molecule has 1 saturated heterocycles. The van der Waals surface area contributed by atoms with Gasteiger partial charge in [0.15, 0.2) is 0 Å². The van der Waals surface area contributed by atoms with Gasteiger partial charge in [-0.25, -0.2) is 12.8 Å². The minimum atomic E-state index is -3.58. The van der Waals surface area contributed by atoms with Gasteiger partial charge in [-0.05, 0) is 42.5 Å². The second kappa shape index (κ2) is 9.57. The largest absolute Gasteiger partial charge is 0.335 e. The van der Waals surface area contributed by atoms with Gasteiger partial charge in [0.05, 0.1) is 4.90 Å². The van der Waals surface area contributed by atoms with Crippen molar-refractivity contribution in [2.24, 2.45) is 0 Å². The van der Waals surface area contributed by atoms with Crippen LogP contribution in [0.4, 0.5) is 4.39 Å². The fourth-order valence-electron chi connectivity index (χ4n) is 3.58. The predicted octanol–water partition coefficient (Wildman–Crippen LogP) is 2.45. The summed E-state index contributed by atoms with van der Waals surface area (Å²) in [5, 5.41) is 0. The average Bonchev–Trinajstić information content (AvgIpc) is 2.79. The molecule has 0 bridgehead atoms. The Morgan fingerprint density at radius 2 is 1.39 bits per heavy atom. The summed E-state index contributed by atoms with van der Waals surface area (Å²) >= 11 is 0. The number of nitrogens with zero attached hydrogens (tertiary/aromatic N) is 3. The zero-order valence-electron chi connectivity index (χ0n) is 17.6. The Balaban J connectivity index is 1.64. The molecular weight excluding hydrogens is 421 g/mol. The van der Waals surface area contributed by atoms with E-state index in [9.17, 15) is 22.4 Å². The van der Waals surface area contributed by atoms with Crippen molar-refractivity contribution in [3.05, 3.63) is 65.5 Å². The number of rotatable bonds is 6. The van der Waals surface area contributed by atoms with E-state index in [2.05, 4.69) is 0 Å². The number of benzene rings is 2. The molecule has 2 amide bonds. The third-order valence-electron chi connectivity index (χ3n) is 5.37. The minimum Gasteiger partial charge on any atom is -0.335 e. The second-order valence-corrected chi connectivity index (χ2v) is 9.15. The number of hydrogen-bond donors (Lipinski definition) is 0. The average molecular weight is 448 g/mol. The highest BCUT2D eigenvalue weighted by molar-refractivity contribution is 7.89. The van der Waals surface area contributed by atoms with Crippen molar-refractivity contribution in [2.75, 3.05) is 39.3 Å². The fourth-order valence-corrected chi connectivity index (χ4v) is 5.04. The van der Waals surface area contributed by atoms with E-state index in [0.717, 1.165) is 0 Å². The van der Waals surface area contributed by atoms with Crippen LogP contribution in [0, 0.1) is 5.82 Å². The van der Waals surface area contributed by atoms with Crippen molar-refractivity contribution in [1.29, 1.82) is 0 Å². The number of halogens is 1. The lowest BCUT2D eigenvalue weighted by atomic mass is 10.1. The maximum absolute atomic E-state index is 13.4. The predicted molar refractivity (Wildman–Crippen MR) is 115 cm³/mol. The van der Waals surface area contributed by atoms with Crippen molar-refractivity contribution in [3.63, 3.8) is 0 Å². The molecule has 0 atom stereocenters. The molecular formula is C22H26FN3O4S. The second-order valence-electron chi connectivity index (χ2n) is 7.21. The zero-order valence-corrected chi connectivity index (χ0v) is 18.4. The first-order chi connectivity index (χ1) is 14.8. The molecule has 1 aliphatic rings. The Bertz CT molecular complexity index is 1040. The topological polar surface area (TPSA) is 78.0 Å². The van der Waals surface area contributed by atoms with E-state index in [-0.39, 0.29) is 22.3 Å². The van der Waals surface area contributed by atoms with Gasteiger partial charge in [0, 0.05) is 50.4 Å². The lowest BCUT2D eigenvalue weighted by molar-refractivity contribution is 0.0535. The zero-order chi connectivity index (χ0) is 22.6. The maximum atomic E-state index is 13.4. The highest BCUT2D eigenvalue weighted by Crippen LogP contribution is 2.18. The van der Waals surface area contributed by atoms with Crippen LogP contribution in [0.3, 0.4) is 0 Å². The Kier molecular flexibility index (Phi) is 7.07. The number of carbonyl (C=O) groups is 2. The van der Waals surface area contributed by atoms with Gasteiger partial charge in [-0.1, -0.05) is 19.9 Å². The molecule has 2 aromatic rings. The van der Waals surface area contributed by atoms with Crippen LogP contribution in [-0.2, 0) is 10.0 Å². The SMILES string of the molecule is CCN(CC)S(=O)(=O)c1ccc(C(=O)N2CCN(C(=O)c3cccc(F)c3)CC2)cc1. The molecule has 0 saturated carbocycles. The molecule has 0 radical (unpaired) electrons. The Hall–Kier alpha value is -2.78. The Morgan fingerprint density at radius 3 is 1.87 bits per heavy atom. The Morgan fingerprint density at radius 1 is 0.871 bits per heavy atom. The molecule has 3 rings (SSSR count). The lowest BCUT2D eigenvalue weighted by Gasteiger charge is -2.35. The van der Waals surface area contributed by atoms with Crippen molar-refractivity contribution >= 4 is 21.8 Å². The molecule has 7 nitrogen and oxygen atoms in total. The third kappa shape index (κ3) is 4.94. The quantitative estimate of drug-likeness (QED) is 0.682. The van der Waals surface area contributed by atoms with E-state index in [1.165, 1.54) is 46.8 Å². The van der Waals surface area contributed by atoms with Crippen LogP contribution < -0.4 is 0 Å². The van der Waals surface area contributed by atoms with Gasteiger partial charge in [0.1, 0.15) is 5.82 Å². The summed E-state index contributed by atoms with van der Waals surface area (Å²) < 4.78 is 39.9. The van der Waals surface area contributed by atoms with E-state index in [1.807, 2.05) is 0 Å². The molecule has 1 aliphatic heterocycles. The van der Waals surface area contributed by atoms with Gasteiger partial charge in [-0.2, -0.15) is 4.31 Å². The van der Waals surface area contributed by atoms with Crippen molar-refractivity contribution in [2.45, 2.75) is 18.7 Å². The minimum absolute atomic E-state index is 0.151. The van der Waals surface area contributed by atoms with E-state index in [1.54, 1.807) is 29.7 Å². The highest BCUT2D eigenvalue weighted by Gasteiger charge is 2.26. The number of piperazine rings is 1. The first-order valence-electron chi connectivity index (χ1n) is 10.2. The highest BCUT2D eigenvalue weighted by atomic mass is 32.2. The van der Waals surface area contributed by atoms with E-state index < -0.39 is 15.8 Å². The summed E-state index contributed by atoms with van der Waals surface area (Å²) in [5.74, 6) is -0.951. The van der Waals surface area contributed by atoms with Crippen LogP contribution in [-0.4, -0.2) is 73.6 Å². The smallest absolute Gasteiger partial charge is 0.254 e. The number of sulfonamides is 1. The summed E-state index contributed by atoms with van der Waals surface area (Å²) in [5.41, 5.74) is 0.674. The number of amides is 2. The Labute approximate surface area is 182 Å². The first kappa shape index (κ1) is 22.9. The molecule has 0 unspecified atom stereocenters. The number of carbonyl (C=O) groups excluding carboxylic acids is 2. The van der Waals surface area contributed by atoms with E-state index in [0.29, 0.717) is 44.8 Å². The van der Waals surface area contributed by atoms with Gasteiger partial charge in [0.2, 0.25) is 10.0 Å². The number of hydrogen-bond acceptors (Lipinski definition) is 4. The van der Waals surface area contributed by atoms with Crippen LogP contribution in [0.1, 0.15) is 34.6 Å². The van der Waals surface area contributed by atoms with Gasteiger partial charge < -0.3 is 9.80 Å². The van der Waals surface area contributed by atoms with E-state index >= 15 is 0 Å². The molecule has 0 aliphatic carbocycles. The van der Waals surface area contributed by atoms with Crippen LogP contribution >= 0.6 is 0 Å². The summed E-state index contributed by atoms with van der Waals surface area (Å²) in [6.07, 6.45) is 0. The molecule has 1 heterocycles. The molecule has 0 spiro atoms. The molecule has 31 heavy (non-hydrogen) atoms. The molecule has 0 aromatic heterocycles. The van der Waals surface area contributed by atoms with Crippen LogP contribution in [0.5, 0.6) is 0 Å². The van der Waals surface area contributed by atoms with E-state index in [4.69, 9.17) is 0 Å². The molecule has 1 fully saturated rings. The van der Waals surface area contributed by atoms with Gasteiger partial charge >= 0.3 is 0 Å². The summed E-state index contributed by atoms with van der Waals surface area (Å²) in [6.45, 7) is 5.68. The summed E-state index contributed by atoms with van der Waals surface area (Å²) in [7, 11) is -3.58. The molecule has 2 aromatic carbocycles. The molecule has 0 N–H and O–H groups in total. The normalized spacial score (nSPS) is 14.7. The molecule has 9 heteroatoms. The third-order valence-corrected chi connectivity index (χ3v) is 7.43. The van der Waals surface area contributed by atoms with Crippen molar-refractivity contribution < 1.29 is 22.4 Å².